The lowest BCUT2D eigenvalue weighted by Crippen LogP contribution is -2.23. The van der Waals surface area contributed by atoms with Crippen molar-refractivity contribution < 1.29 is 9.18 Å². The minimum Gasteiger partial charge on any atom is -0.314 e. The third-order valence-corrected chi connectivity index (χ3v) is 3.38. The van der Waals surface area contributed by atoms with E-state index in [9.17, 15) is 9.18 Å². The molecule has 0 spiro atoms. The van der Waals surface area contributed by atoms with Crippen LogP contribution in [-0.4, -0.2) is 6.03 Å². The highest BCUT2D eigenvalue weighted by Crippen LogP contribution is 2.22. The number of carbonyl (C=O) groups excluding carboxylic acids is 1. The molecule has 23 heavy (non-hydrogen) atoms. The Kier molecular flexibility index (Phi) is 4.34. The average Bonchev–Trinajstić information content (AvgIpc) is 2.55. The molecule has 0 saturated heterocycles. The Morgan fingerprint density at radius 1 is 0.957 bits per heavy atom. The first-order valence-electron chi connectivity index (χ1n) is 7.20. The van der Waals surface area contributed by atoms with Crippen LogP contribution in [0.4, 0.5) is 14.9 Å². The Morgan fingerprint density at radius 2 is 1.74 bits per heavy atom. The summed E-state index contributed by atoms with van der Waals surface area (Å²) in [5, 5.41) is 7.45. The van der Waals surface area contributed by atoms with Crippen molar-refractivity contribution >= 4 is 28.6 Å². The Labute approximate surface area is 133 Å². The first-order valence-corrected chi connectivity index (χ1v) is 7.20. The lowest BCUT2D eigenvalue weighted by atomic mass is 10.1. The Morgan fingerprint density at radius 3 is 2.61 bits per heavy atom. The van der Waals surface area contributed by atoms with E-state index in [0.29, 0.717) is 5.56 Å². The fourth-order valence-corrected chi connectivity index (χ4v) is 2.32. The summed E-state index contributed by atoms with van der Waals surface area (Å²) in [5.41, 5.74) is 1.41. The largest absolute Gasteiger partial charge is 0.323 e. The van der Waals surface area contributed by atoms with Crippen molar-refractivity contribution in [2.75, 3.05) is 5.32 Å². The van der Waals surface area contributed by atoms with Crippen LogP contribution in [0.25, 0.3) is 16.8 Å². The van der Waals surface area contributed by atoms with Crippen LogP contribution >= 0.6 is 0 Å². The molecule has 2 N–H and O–H groups in total. The number of nitrogens with one attached hydrogen (secondary N) is 2. The number of benzene rings is 3. The van der Waals surface area contributed by atoms with E-state index >= 15 is 0 Å². The summed E-state index contributed by atoms with van der Waals surface area (Å²) in [4.78, 5) is 12.0. The minimum absolute atomic E-state index is 0.313. The maximum atomic E-state index is 13.1. The highest BCUT2D eigenvalue weighted by atomic mass is 19.1. The molecule has 2 amide bonds. The number of hydrogen-bond acceptors (Lipinski definition) is 1. The van der Waals surface area contributed by atoms with E-state index in [-0.39, 0.29) is 11.8 Å². The van der Waals surface area contributed by atoms with Crippen molar-refractivity contribution in [2.45, 2.75) is 0 Å². The molecule has 3 aromatic carbocycles. The zero-order valence-corrected chi connectivity index (χ0v) is 12.3. The molecule has 0 saturated carbocycles. The summed E-state index contributed by atoms with van der Waals surface area (Å²) in [6, 6.07) is 19.3. The Balaban J connectivity index is 1.67. The van der Waals surface area contributed by atoms with Gasteiger partial charge >= 0.3 is 6.03 Å². The van der Waals surface area contributed by atoms with E-state index < -0.39 is 0 Å². The molecule has 3 rings (SSSR count). The molecule has 0 heterocycles. The predicted molar refractivity (Wildman–Crippen MR) is 91.5 cm³/mol. The fraction of sp³-hybridized carbons (Fsp3) is 0. The van der Waals surface area contributed by atoms with Gasteiger partial charge in [-0.05, 0) is 35.2 Å². The average molecular weight is 306 g/mol. The third-order valence-electron chi connectivity index (χ3n) is 3.38. The quantitative estimate of drug-likeness (QED) is 0.719. The van der Waals surface area contributed by atoms with E-state index in [1.165, 1.54) is 18.3 Å². The monoisotopic (exact) mass is 306 g/mol. The molecule has 0 fully saturated rings. The van der Waals surface area contributed by atoms with E-state index in [1.54, 1.807) is 18.2 Å². The molecular formula is C19H15FN2O. The summed E-state index contributed by atoms with van der Waals surface area (Å²) >= 11 is 0. The number of halogens is 1. The SMILES string of the molecule is O=C(N/C=C/c1cccc(F)c1)Nc1cccc2ccccc12. The van der Waals surface area contributed by atoms with Crippen molar-refractivity contribution in [3.8, 4) is 0 Å². The van der Waals surface area contributed by atoms with Gasteiger partial charge in [0.15, 0.2) is 0 Å². The molecule has 0 aliphatic heterocycles. The summed E-state index contributed by atoms with van der Waals surface area (Å²) < 4.78 is 13.1. The standard InChI is InChI=1S/C19H15FN2O/c20-16-8-3-5-14(13-16)11-12-21-19(23)22-18-10-4-7-15-6-1-2-9-17(15)18/h1-13H,(H2,21,22,23)/b12-11+. The molecule has 0 aromatic heterocycles. The summed E-state index contributed by atoms with van der Waals surface area (Å²) in [6.45, 7) is 0. The first-order chi connectivity index (χ1) is 11.2. The number of urea groups is 1. The first kappa shape index (κ1) is 14.8. The highest BCUT2D eigenvalue weighted by molar-refractivity contribution is 6.01. The number of amides is 2. The number of carbonyl (C=O) groups is 1. The smallest absolute Gasteiger partial charge is 0.314 e. The van der Waals surface area contributed by atoms with Crippen molar-refractivity contribution in [2.24, 2.45) is 0 Å². The molecule has 0 radical (unpaired) electrons. The normalized spacial score (nSPS) is 10.8. The van der Waals surface area contributed by atoms with Gasteiger partial charge in [-0.25, -0.2) is 9.18 Å². The van der Waals surface area contributed by atoms with Gasteiger partial charge in [-0.3, -0.25) is 0 Å². The predicted octanol–water partition coefficient (Wildman–Crippen LogP) is 4.77. The van der Waals surface area contributed by atoms with Crippen molar-refractivity contribution in [3.05, 3.63) is 84.3 Å². The van der Waals surface area contributed by atoms with Crippen LogP contribution in [0.5, 0.6) is 0 Å². The fourth-order valence-electron chi connectivity index (χ4n) is 2.32. The Bertz CT molecular complexity index is 869. The molecule has 114 valence electrons. The topological polar surface area (TPSA) is 41.1 Å². The van der Waals surface area contributed by atoms with Crippen LogP contribution in [0, 0.1) is 5.82 Å². The zero-order chi connectivity index (χ0) is 16.1. The van der Waals surface area contributed by atoms with Crippen LogP contribution < -0.4 is 10.6 Å². The second-order valence-electron chi connectivity index (χ2n) is 5.01. The molecule has 0 atom stereocenters. The molecule has 3 nitrogen and oxygen atoms in total. The molecule has 4 heteroatoms. The van der Waals surface area contributed by atoms with Crippen LogP contribution in [-0.2, 0) is 0 Å². The number of rotatable bonds is 3. The molecule has 3 aromatic rings. The zero-order valence-electron chi connectivity index (χ0n) is 12.3. The molecular weight excluding hydrogens is 291 g/mol. The number of anilines is 1. The number of fused-ring (bicyclic) bond motifs is 1. The van der Waals surface area contributed by atoms with Gasteiger partial charge in [0, 0.05) is 11.6 Å². The van der Waals surface area contributed by atoms with Gasteiger partial charge in [0.2, 0.25) is 0 Å². The highest BCUT2D eigenvalue weighted by Gasteiger charge is 2.03. The van der Waals surface area contributed by atoms with Gasteiger partial charge in [-0.2, -0.15) is 0 Å². The minimum atomic E-state index is -0.353. The van der Waals surface area contributed by atoms with Crippen molar-refractivity contribution in [1.29, 1.82) is 0 Å². The van der Waals surface area contributed by atoms with E-state index in [2.05, 4.69) is 10.6 Å². The van der Waals surface area contributed by atoms with E-state index in [1.807, 2.05) is 42.5 Å². The van der Waals surface area contributed by atoms with Crippen LogP contribution in [0.15, 0.2) is 72.9 Å². The van der Waals surface area contributed by atoms with Gasteiger partial charge in [0.05, 0.1) is 5.69 Å². The van der Waals surface area contributed by atoms with E-state index in [0.717, 1.165) is 16.5 Å². The summed E-state index contributed by atoms with van der Waals surface area (Å²) in [5.74, 6) is -0.313. The van der Waals surface area contributed by atoms with Crippen LogP contribution in [0.3, 0.4) is 0 Å². The van der Waals surface area contributed by atoms with Crippen LogP contribution in [0.1, 0.15) is 5.56 Å². The second kappa shape index (κ2) is 6.75. The lowest BCUT2D eigenvalue weighted by Gasteiger charge is -2.08. The Hall–Kier alpha value is -3.14. The van der Waals surface area contributed by atoms with Gasteiger partial charge in [0.1, 0.15) is 5.82 Å². The van der Waals surface area contributed by atoms with Crippen molar-refractivity contribution in [1.82, 2.24) is 5.32 Å². The second-order valence-corrected chi connectivity index (χ2v) is 5.01. The lowest BCUT2D eigenvalue weighted by molar-refractivity contribution is 0.255. The molecule has 0 aliphatic carbocycles. The van der Waals surface area contributed by atoms with Gasteiger partial charge in [-0.1, -0.05) is 48.5 Å². The maximum absolute atomic E-state index is 13.1. The van der Waals surface area contributed by atoms with Gasteiger partial charge in [0.25, 0.3) is 0 Å². The van der Waals surface area contributed by atoms with E-state index in [4.69, 9.17) is 0 Å². The summed E-state index contributed by atoms with van der Waals surface area (Å²) in [6.07, 6.45) is 3.11. The maximum Gasteiger partial charge on any atom is 0.323 e. The molecule has 0 bridgehead atoms. The summed E-state index contributed by atoms with van der Waals surface area (Å²) in [7, 11) is 0. The van der Waals surface area contributed by atoms with Gasteiger partial charge < -0.3 is 10.6 Å². The number of hydrogen-bond donors (Lipinski definition) is 2. The third kappa shape index (κ3) is 3.74. The van der Waals surface area contributed by atoms with Gasteiger partial charge in [-0.15, -0.1) is 0 Å². The van der Waals surface area contributed by atoms with Crippen molar-refractivity contribution in [3.63, 3.8) is 0 Å². The molecule has 0 aliphatic rings. The van der Waals surface area contributed by atoms with Crippen LogP contribution in [0.2, 0.25) is 0 Å². The molecule has 0 unspecified atom stereocenters.